The molecule has 448 valence electrons. The van der Waals surface area contributed by atoms with Crippen LogP contribution in [0.1, 0.15) is 309 Å². The molecule has 0 heterocycles. The minimum Gasteiger partial charge on any atom is -0.490 e. The summed E-state index contributed by atoms with van der Waals surface area (Å²) in [7, 11) is 0. The average molecular weight is 1090 g/mol. The second-order valence-electron chi connectivity index (χ2n) is 26.1. The Kier molecular flexibility index (Phi) is 35.2. The van der Waals surface area contributed by atoms with Gasteiger partial charge in [-0.3, -0.25) is 9.59 Å². The van der Waals surface area contributed by atoms with E-state index in [1.807, 2.05) is 0 Å². The molecule has 0 amide bonds. The van der Waals surface area contributed by atoms with Crippen molar-refractivity contribution in [1.82, 2.24) is 0 Å². The summed E-state index contributed by atoms with van der Waals surface area (Å²) in [6.07, 6.45) is 30.6. The second kappa shape index (κ2) is 39.9. The highest BCUT2D eigenvalue weighted by molar-refractivity contribution is 6.31. The van der Waals surface area contributed by atoms with Crippen molar-refractivity contribution in [3.63, 3.8) is 0 Å². The number of carbonyl (C=O) groups excluding carboxylic acids is 2. The molecule has 2 aromatic rings. The van der Waals surface area contributed by atoms with Gasteiger partial charge in [0.15, 0.2) is 34.6 Å². The number of hydrogen-bond acceptors (Lipinski definition) is 8. The van der Waals surface area contributed by atoms with Gasteiger partial charge < -0.3 is 28.4 Å². The zero-order chi connectivity index (χ0) is 57.2. The van der Waals surface area contributed by atoms with Gasteiger partial charge in [-0.05, 0) is 98.0 Å². The molecule has 3 rings (SSSR count). The Bertz CT molecular complexity index is 1790. The quantitative estimate of drug-likeness (QED) is 0.0517. The van der Waals surface area contributed by atoms with E-state index < -0.39 is 0 Å². The van der Waals surface area contributed by atoms with Crippen molar-refractivity contribution in [3.05, 3.63) is 34.4 Å². The third-order valence-corrected chi connectivity index (χ3v) is 16.2. The van der Waals surface area contributed by atoms with Crippen molar-refractivity contribution < 1.29 is 38.0 Å². The van der Waals surface area contributed by atoms with Crippen LogP contribution in [0.15, 0.2) is 12.1 Å². The van der Waals surface area contributed by atoms with Crippen LogP contribution in [0.3, 0.4) is 0 Å². The average Bonchev–Trinajstić information content (AvgIpc) is 3.48. The monoisotopic (exact) mass is 1090 g/mol. The summed E-state index contributed by atoms with van der Waals surface area (Å²) < 4.78 is 41.0. The van der Waals surface area contributed by atoms with E-state index in [1.165, 1.54) is 89.9 Å². The largest absolute Gasteiger partial charge is 0.490 e. The van der Waals surface area contributed by atoms with Gasteiger partial charge in [0.2, 0.25) is 11.5 Å². The van der Waals surface area contributed by atoms with E-state index in [1.54, 1.807) is 12.1 Å². The Hall–Kier alpha value is -3.42. The minimum atomic E-state index is -0.295. The highest BCUT2D eigenvalue weighted by atomic mass is 16.5. The van der Waals surface area contributed by atoms with Crippen molar-refractivity contribution >= 4 is 11.6 Å². The maximum absolute atomic E-state index is 15.8. The van der Waals surface area contributed by atoms with Gasteiger partial charge in [-0.2, -0.15) is 0 Å². The summed E-state index contributed by atoms with van der Waals surface area (Å²) in [4.78, 5) is 31.5. The van der Waals surface area contributed by atoms with E-state index in [0.29, 0.717) is 121 Å². The molecule has 1 aliphatic carbocycles. The summed E-state index contributed by atoms with van der Waals surface area (Å²) >= 11 is 0. The first kappa shape index (κ1) is 68.9. The molecule has 0 bridgehead atoms. The van der Waals surface area contributed by atoms with E-state index in [2.05, 4.69) is 96.9 Å². The molecule has 0 fully saturated rings. The normalized spacial score (nSPS) is 14.0. The molecule has 4 unspecified atom stereocenters. The molecule has 4 atom stereocenters. The van der Waals surface area contributed by atoms with Gasteiger partial charge in [0.25, 0.3) is 0 Å². The number of rotatable bonds is 48. The number of ketones is 2. The fourth-order valence-electron chi connectivity index (χ4n) is 10.7. The number of unbranched alkanes of at least 4 members (excludes halogenated alkanes) is 10. The zero-order valence-corrected chi connectivity index (χ0v) is 53.1. The lowest BCUT2D eigenvalue weighted by Crippen LogP contribution is -2.25. The maximum Gasteiger partial charge on any atom is 0.204 e. The minimum absolute atomic E-state index is 0.239. The molecule has 0 spiro atoms. The smallest absolute Gasteiger partial charge is 0.204 e. The first-order valence-electron chi connectivity index (χ1n) is 32.8. The molecule has 8 heteroatoms. The fourth-order valence-corrected chi connectivity index (χ4v) is 10.7. The number of carbonyl (C=O) groups is 2. The van der Waals surface area contributed by atoms with E-state index in [4.69, 9.17) is 28.4 Å². The molecule has 0 saturated heterocycles. The van der Waals surface area contributed by atoms with Gasteiger partial charge >= 0.3 is 0 Å². The van der Waals surface area contributed by atoms with Crippen molar-refractivity contribution in [1.29, 1.82) is 0 Å². The summed E-state index contributed by atoms with van der Waals surface area (Å²) in [6, 6.07) is 3.56. The molecule has 0 saturated carbocycles. The van der Waals surface area contributed by atoms with Gasteiger partial charge in [-0.15, -0.1) is 0 Å². The van der Waals surface area contributed by atoms with Gasteiger partial charge in [0.1, 0.15) is 0 Å². The first-order chi connectivity index (χ1) is 37.5. The van der Waals surface area contributed by atoms with Crippen LogP contribution in [-0.4, -0.2) is 51.2 Å². The molecule has 8 nitrogen and oxygen atoms in total. The lowest BCUT2D eigenvalue weighted by molar-refractivity contribution is 0.0968. The third kappa shape index (κ3) is 26.4. The van der Waals surface area contributed by atoms with Crippen LogP contribution in [0.5, 0.6) is 34.5 Å². The summed E-state index contributed by atoms with van der Waals surface area (Å²) in [5, 5.41) is 0. The summed E-state index contributed by atoms with van der Waals surface area (Å²) in [6.45, 7) is 34.5. The van der Waals surface area contributed by atoms with Gasteiger partial charge in [-0.1, -0.05) is 238 Å². The second-order valence-corrected chi connectivity index (χ2v) is 26.1. The highest BCUT2D eigenvalue weighted by Crippen LogP contribution is 2.51. The Labute approximate surface area is 480 Å². The molecule has 0 aliphatic heterocycles. The number of ether oxygens (including phenoxy) is 6. The molecule has 1 aliphatic rings. The Morgan fingerprint density at radius 1 is 0.295 bits per heavy atom. The Morgan fingerprint density at radius 3 is 0.859 bits per heavy atom. The molecule has 78 heavy (non-hydrogen) atoms. The zero-order valence-electron chi connectivity index (χ0n) is 53.1. The van der Waals surface area contributed by atoms with Crippen molar-refractivity contribution in [2.75, 3.05) is 39.6 Å². The summed E-state index contributed by atoms with van der Waals surface area (Å²) in [5.74, 6) is 6.36. The Morgan fingerprint density at radius 2 is 0.564 bits per heavy atom. The lowest BCUT2D eigenvalue weighted by Gasteiger charge is -2.28. The van der Waals surface area contributed by atoms with Crippen molar-refractivity contribution in [3.8, 4) is 34.5 Å². The van der Waals surface area contributed by atoms with Crippen LogP contribution in [0, 0.1) is 47.3 Å². The van der Waals surface area contributed by atoms with E-state index in [-0.39, 0.29) is 33.8 Å². The first-order valence-corrected chi connectivity index (χ1v) is 32.8. The van der Waals surface area contributed by atoms with Crippen LogP contribution in [-0.2, 0) is 0 Å². The fraction of sp³-hybridized carbons (Fsp3) is 0.800. The van der Waals surface area contributed by atoms with E-state index in [9.17, 15) is 0 Å². The van der Waals surface area contributed by atoms with Crippen LogP contribution in [0.25, 0.3) is 0 Å². The highest BCUT2D eigenvalue weighted by Gasteiger charge is 2.41. The van der Waals surface area contributed by atoms with Gasteiger partial charge in [-0.25, -0.2) is 0 Å². The molecule has 0 N–H and O–H groups in total. The van der Waals surface area contributed by atoms with Crippen LogP contribution < -0.4 is 28.4 Å². The summed E-state index contributed by atoms with van der Waals surface area (Å²) in [5.41, 5.74) is 1.00. The standard InChI is InChI=1S/C70H120O8/c1-15-17-19-21-23-25-43-75-69-63-59(49-61(73-45-39-55(11)35-27-31-51(3)4)67(69)77-47-41-57(13)37-29-33-53(7)8)66(72)64-60(65(63)71)50-62(74-46-40-56(12)36-28-32-52(5)6)68(70(64)76-44-26-24-22-20-18-16-2)78-48-42-58(14)38-30-34-54(9)10/h49-58H,15-48H2,1-14H3. The number of benzene rings is 2. The van der Waals surface area contributed by atoms with Crippen LogP contribution in [0.2, 0.25) is 0 Å². The molecule has 0 aromatic heterocycles. The van der Waals surface area contributed by atoms with Crippen LogP contribution in [0.4, 0.5) is 0 Å². The van der Waals surface area contributed by atoms with E-state index >= 15 is 9.59 Å². The lowest BCUT2D eigenvalue weighted by atomic mass is 9.82. The van der Waals surface area contributed by atoms with Crippen molar-refractivity contribution in [2.24, 2.45) is 47.3 Å². The molecular formula is C70H120O8. The molecular weight excluding hydrogens is 969 g/mol. The maximum atomic E-state index is 15.8. The molecule has 2 aromatic carbocycles. The SMILES string of the molecule is CCCCCCCCOc1c(OCCC(C)CCCC(C)C)c(OCCC(C)CCCC(C)C)cc2c1C(=O)c1cc(OCCC(C)CCCC(C)C)c(OCCC(C)CCCC(C)C)c(OCCCCCCCC)c1C2=O. The predicted octanol–water partition coefficient (Wildman–Crippen LogP) is 20.9. The number of hydrogen-bond donors (Lipinski definition) is 0. The topological polar surface area (TPSA) is 89.5 Å². The predicted molar refractivity (Wildman–Crippen MR) is 329 cm³/mol. The number of fused-ring (bicyclic) bond motifs is 2. The third-order valence-electron chi connectivity index (χ3n) is 16.2. The van der Waals surface area contributed by atoms with Crippen LogP contribution >= 0.6 is 0 Å². The van der Waals surface area contributed by atoms with E-state index in [0.717, 1.165) is 89.9 Å². The van der Waals surface area contributed by atoms with Gasteiger partial charge in [0.05, 0.1) is 50.8 Å². The molecule has 0 radical (unpaired) electrons. The Balaban J connectivity index is 2.26. The van der Waals surface area contributed by atoms with Gasteiger partial charge in [0, 0.05) is 11.1 Å². The van der Waals surface area contributed by atoms with Crippen molar-refractivity contribution in [2.45, 2.75) is 277 Å².